The fourth-order valence-corrected chi connectivity index (χ4v) is 1.19. The van der Waals surface area contributed by atoms with Crippen LogP contribution in [0.3, 0.4) is 0 Å². The molecule has 0 aliphatic heterocycles. The Kier molecular flexibility index (Phi) is 4.11. The molecule has 0 radical (unpaired) electrons. The first kappa shape index (κ1) is 13.5. The van der Waals surface area contributed by atoms with E-state index in [1.54, 1.807) is 14.0 Å². The highest BCUT2D eigenvalue weighted by Gasteiger charge is 2.37. The second-order valence-corrected chi connectivity index (χ2v) is 3.38. The van der Waals surface area contributed by atoms with Gasteiger partial charge in [-0.25, -0.2) is 9.97 Å². The van der Waals surface area contributed by atoms with E-state index in [4.69, 9.17) is 5.11 Å². The van der Waals surface area contributed by atoms with Crippen LogP contribution in [0.2, 0.25) is 0 Å². The summed E-state index contributed by atoms with van der Waals surface area (Å²) in [6.07, 6.45) is -5.84. The van der Waals surface area contributed by atoms with Crippen LogP contribution in [-0.4, -0.2) is 40.9 Å². The van der Waals surface area contributed by atoms with Crippen LogP contribution < -0.4 is 10.6 Å². The van der Waals surface area contributed by atoms with Gasteiger partial charge in [0.25, 0.3) is 0 Å². The van der Waals surface area contributed by atoms with Gasteiger partial charge in [0.15, 0.2) is 6.10 Å². The van der Waals surface area contributed by atoms with Crippen LogP contribution in [0.25, 0.3) is 0 Å². The van der Waals surface area contributed by atoms with Gasteiger partial charge in [0.05, 0.1) is 6.54 Å². The van der Waals surface area contributed by atoms with E-state index in [9.17, 15) is 13.2 Å². The number of anilines is 2. The third kappa shape index (κ3) is 3.45. The van der Waals surface area contributed by atoms with Crippen molar-refractivity contribution < 1.29 is 18.3 Å². The molecule has 5 nitrogen and oxygen atoms in total. The van der Waals surface area contributed by atoms with Crippen molar-refractivity contribution >= 4 is 11.6 Å². The van der Waals surface area contributed by atoms with Crippen molar-refractivity contribution in [2.45, 2.75) is 19.2 Å². The molecule has 0 saturated heterocycles. The number of rotatable bonds is 4. The Bertz CT molecular complexity index is 383. The third-order valence-corrected chi connectivity index (χ3v) is 2.16. The summed E-state index contributed by atoms with van der Waals surface area (Å²) < 4.78 is 36.2. The molecule has 1 aromatic rings. The molecule has 8 heteroatoms. The van der Waals surface area contributed by atoms with Gasteiger partial charge >= 0.3 is 6.18 Å². The molecule has 0 spiro atoms. The zero-order valence-corrected chi connectivity index (χ0v) is 9.34. The van der Waals surface area contributed by atoms with Crippen molar-refractivity contribution in [3.63, 3.8) is 0 Å². The van der Waals surface area contributed by atoms with Crippen molar-refractivity contribution in [3.8, 4) is 0 Å². The average molecular weight is 250 g/mol. The summed E-state index contributed by atoms with van der Waals surface area (Å²) in [5, 5.41) is 14.0. The fraction of sp³-hybridized carbons (Fsp3) is 0.556. The van der Waals surface area contributed by atoms with Gasteiger partial charge in [-0.05, 0) is 6.92 Å². The van der Waals surface area contributed by atoms with Gasteiger partial charge in [0.1, 0.15) is 18.0 Å². The van der Waals surface area contributed by atoms with Gasteiger partial charge in [-0.1, -0.05) is 0 Å². The number of aliphatic hydroxyl groups is 1. The molecular weight excluding hydrogens is 237 g/mol. The molecule has 17 heavy (non-hydrogen) atoms. The Morgan fingerprint density at radius 1 is 1.35 bits per heavy atom. The molecule has 1 atom stereocenters. The fourth-order valence-electron chi connectivity index (χ4n) is 1.19. The summed E-state index contributed by atoms with van der Waals surface area (Å²) in [7, 11) is 1.64. The molecule has 0 aliphatic carbocycles. The minimum atomic E-state index is -4.64. The predicted octanol–water partition coefficient (Wildman–Crippen LogP) is 1.16. The smallest absolute Gasteiger partial charge is 0.382 e. The Morgan fingerprint density at radius 3 is 2.47 bits per heavy atom. The maximum absolute atomic E-state index is 12.1. The summed E-state index contributed by atoms with van der Waals surface area (Å²) in [4.78, 5) is 7.69. The number of aliphatic hydroxyl groups excluding tert-OH is 1. The number of nitrogens with zero attached hydrogens (tertiary/aromatic N) is 2. The van der Waals surface area contributed by atoms with Crippen molar-refractivity contribution in [2.24, 2.45) is 0 Å². The molecule has 1 rings (SSSR count). The number of nitrogens with one attached hydrogen (secondary N) is 2. The number of hydrogen-bond acceptors (Lipinski definition) is 5. The van der Waals surface area contributed by atoms with Gasteiger partial charge in [0, 0.05) is 12.6 Å². The van der Waals surface area contributed by atoms with Crippen molar-refractivity contribution in [2.75, 3.05) is 24.2 Å². The summed E-state index contributed by atoms with van der Waals surface area (Å²) in [6.45, 7) is 1.01. The normalized spacial score (nSPS) is 13.3. The van der Waals surface area contributed by atoms with Crippen LogP contribution in [-0.2, 0) is 0 Å². The molecule has 0 fully saturated rings. The van der Waals surface area contributed by atoms with Crippen LogP contribution in [0.5, 0.6) is 0 Å². The summed E-state index contributed by atoms with van der Waals surface area (Å²) in [6, 6.07) is 0. The minimum Gasteiger partial charge on any atom is -0.382 e. The molecule has 0 aliphatic rings. The molecule has 1 unspecified atom stereocenters. The Hall–Kier alpha value is -1.57. The first-order valence-corrected chi connectivity index (χ1v) is 4.84. The van der Waals surface area contributed by atoms with E-state index < -0.39 is 18.8 Å². The van der Waals surface area contributed by atoms with Crippen LogP contribution in [0, 0.1) is 6.92 Å². The number of alkyl halides is 3. The van der Waals surface area contributed by atoms with Gasteiger partial charge in [0.2, 0.25) is 0 Å². The zero-order chi connectivity index (χ0) is 13.1. The molecule has 96 valence electrons. The van der Waals surface area contributed by atoms with E-state index >= 15 is 0 Å². The molecule has 1 heterocycles. The van der Waals surface area contributed by atoms with Crippen molar-refractivity contribution in [1.29, 1.82) is 0 Å². The average Bonchev–Trinajstić information content (AvgIpc) is 2.26. The van der Waals surface area contributed by atoms with Crippen LogP contribution in [0.15, 0.2) is 6.33 Å². The summed E-state index contributed by atoms with van der Waals surface area (Å²) in [5.41, 5.74) is 0.587. The lowest BCUT2D eigenvalue weighted by molar-refractivity contribution is -0.198. The van der Waals surface area contributed by atoms with Gasteiger partial charge < -0.3 is 15.7 Å². The molecule has 1 aromatic heterocycles. The Morgan fingerprint density at radius 2 is 1.94 bits per heavy atom. The van der Waals surface area contributed by atoms with Crippen LogP contribution in [0.4, 0.5) is 24.8 Å². The van der Waals surface area contributed by atoms with Crippen LogP contribution in [0.1, 0.15) is 5.56 Å². The molecule has 0 saturated carbocycles. The van der Waals surface area contributed by atoms with E-state index in [0.29, 0.717) is 11.4 Å². The van der Waals surface area contributed by atoms with Crippen molar-refractivity contribution in [3.05, 3.63) is 11.9 Å². The van der Waals surface area contributed by atoms with E-state index in [0.717, 1.165) is 0 Å². The molecule has 0 aromatic carbocycles. The quantitative estimate of drug-likeness (QED) is 0.748. The van der Waals surface area contributed by atoms with Gasteiger partial charge in [-0.2, -0.15) is 13.2 Å². The van der Waals surface area contributed by atoms with Crippen molar-refractivity contribution in [1.82, 2.24) is 9.97 Å². The Balaban J connectivity index is 2.70. The topological polar surface area (TPSA) is 70.1 Å². The number of aromatic nitrogens is 2. The molecule has 3 N–H and O–H groups in total. The lowest BCUT2D eigenvalue weighted by Gasteiger charge is -2.16. The number of halogens is 3. The van der Waals surface area contributed by atoms with Crippen LogP contribution >= 0.6 is 0 Å². The van der Waals surface area contributed by atoms with E-state index in [2.05, 4.69) is 20.6 Å². The lowest BCUT2D eigenvalue weighted by Crippen LogP contribution is -2.35. The summed E-state index contributed by atoms with van der Waals surface area (Å²) >= 11 is 0. The summed E-state index contributed by atoms with van der Waals surface area (Å²) in [5.74, 6) is 0.775. The molecule has 0 amide bonds. The minimum absolute atomic E-state index is 0.257. The molecule has 0 bridgehead atoms. The third-order valence-electron chi connectivity index (χ3n) is 2.16. The zero-order valence-electron chi connectivity index (χ0n) is 9.34. The first-order chi connectivity index (χ1) is 7.86. The monoisotopic (exact) mass is 250 g/mol. The predicted molar refractivity (Wildman–Crippen MR) is 56.9 cm³/mol. The Labute approximate surface area is 96.1 Å². The second kappa shape index (κ2) is 5.17. The SMILES string of the molecule is CNc1ncnc(NCC(O)C(F)(F)F)c1C. The number of hydrogen-bond donors (Lipinski definition) is 3. The highest BCUT2D eigenvalue weighted by molar-refractivity contribution is 5.56. The largest absolute Gasteiger partial charge is 0.416 e. The second-order valence-electron chi connectivity index (χ2n) is 3.38. The highest BCUT2D eigenvalue weighted by atomic mass is 19.4. The maximum Gasteiger partial charge on any atom is 0.416 e. The highest BCUT2D eigenvalue weighted by Crippen LogP contribution is 2.22. The van der Waals surface area contributed by atoms with Gasteiger partial charge in [-0.3, -0.25) is 0 Å². The maximum atomic E-state index is 12.1. The van der Waals surface area contributed by atoms with Gasteiger partial charge in [-0.15, -0.1) is 0 Å². The molecular formula is C9H13F3N4O. The van der Waals surface area contributed by atoms with E-state index in [-0.39, 0.29) is 5.82 Å². The van der Waals surface area contributed by atoms with E-state index in [1.165, 1.54) is 6.33 Å². The standard InChI is InChI=1S/C9H13F3N4O/c1-5-7(13-2)15-4-16-8(5)14-3-6(17)9(10,11)12/h4,6,17H,3H2,1-2H3,(H2,13,14,15,16). The lowest BCUT2D eigenvalue weighted by atomic mass is 10.3. The van der Waals surface area contributed by atoms with E-state index in [1.807, 2.05) is 0 Å². The first-order valence-electron chi connectivity index (χ1n) is 4.84.